The Morgan fingerprint density at radius 1 is 0.611 bits per heavy atom. The Balaban J connectivity index is 2.86. The molecular weight excluding hydrogens is 224 g/mol. The zero-order valence-corrected chi connectivity index (χ0v) is 12.3. The van der Waals surface area contributed by atoms with Gasteiger partial charge in [-0.15, -0.1) is 0 Å². The summed E-state index contributed by atoms with van der Waals surface area (Å²) in [6.07, 6.45) is 8.25. The maximum absolute atomic E-state index is 5.38. The molecule has 18 heavy (non-hydrogen) atoms. The Kier molecular flexibility index (Phi) is 16.7. The van der Waals surface area contributed by atoms with E-state index in [2.05, 4.69) is 22.9 Å². The number of nitrogens with two attached hydrogens (primary N) is 1. The summed E-state index contributed by atoms with van der Waals surface area (Å²) < 4.78 is 0. The fourth-order valence-electron chi connectivity index (χ4n) is 1.86. The van der Waals surface area contributed by atoms with Crippen molar-refractivity contribution in [2.45, 2.75) is 45.4 Å². The third-order valence-corrected chi connectivity index (χ3v) is 2.99. The molecule has 0 unspecified atom stereocenters. The van der Waals surface area contributed by atoms with E-state index in [0.717, 1.165) is 39.3 Å². The summed E-state index contributed by atoms with van der Waals surface area (Å²) in [4.78, 5) is 0. The summed E-state index contributed by atoms with van der Waals surface area (Å²) in [6.45, 7) is 9.23. The molecule has 0 spiro atoms. The fraction of sp³-hybridized carbons (Fsp3) is 1.00. The van der Waals surface area contributed by atoms with Gasteiger partial charge in [0, 0.05) is 39.3 Å². The van der Waals surface area contributed by atoms with Crippen LogP contribution in [0.2, 0.25) is 0 Å². The first-order valence-electron chi connectivity index (χ1n) is 7.74. The molecule has 0 rings (SSSR count). The monoisotopic (exact) mass is 258 g/mol. The molecule has 0 bridgehead atoms. The van der Waals surface area contributed by atoms with Crippen LogP contribution in [-0.2, 0) is 0 Å². The van der Waals surface area contributed by atoms with E-state index in [1.54, 1.807) is 0 Å². The van der Waals surface area contributed by atoms with E-state index >= 15 is 0 Å². The Morgan fingerprint density at radius 2 is 1.11 bits per heavy atom. The second-order valence-corrected chi connectivity index (χ2v) is 4.81. The average Bonchev–Trinajstić information content (AvgIpc) is 2.39. The number of nitrogens with one attached hydrogen (secondary N) is 3. The van der Waals surface area contributed by atoms with Crippen molar-refractivity contribution in [2.24, 2.45) is 5.73 Å². The second kappa shape index (κ2) is 16.8. The molecule has 0 aromatic heterocycles. The first-order valence-corrected chi connectivity index (χ1v) is 7.74. The van der Waals surface area contributed by atoms with Gasteiger partial charge in [-0.3, -0.25) is 0 Å². The second-order valence-electron chi connectivity index (χ2n) is 4.81. The van der Waals surface area contributed by atoms with Gasteiger partial charge in [0.05, 0.1) is 0 Å². The van der Waals surface area contributed by atoms with E-state index in [-0.39, 0.29) is 0 Å². The van der Waals surface area contributed by atoms with Gasteiger partial charge in [0.1, 0.15) is 0 Å². The first-order chi connectivity index (χ1) is 8.91. The van der Waals surface area contributed by atoms with Gasteiger partial charge in [0.25, 0.3) is 0 Å². The molecule has 0 aliphatic carbocycles. The lowest BCUT2D eigenvalue weighted by atomic mass is 10.1. The predicted octanol–water partition coefficient (Wildman–Crippen LogP) is 1.07. The van der Waals surface area contributed by atoms with Gasteiger partial charge in [-0.2, -0.15) is 0 Å². The van der Waals surface area contributed by atoms with E-state index in [1.807, 2.05) is 0 Å². The third-order valence-electron chi connectivity index (χ3n) is 2.99. The Morgan fingerprint density at radius 3 is 1.72 bits per heavy atom. The number of rotatable bonds is 15. The van der Waals surface area contributed by atoms with Crippen LogP contribution in [0.25, 0.3) is 0 Å². The summed E-state index contributed by atoms with van der Waals surface area (Å²) in [5, 5.41) is 10.1. The van der Waals surface area contributed by atoms with Crippen LogP contribution in [0.4, 0.5) is 0 Å². The van der Waals surface area contributed by atoms with Crippen LogP contribution >= 0.6 is 0 Å². The summed E-state index contributed by atoms with van der Waals surface area (Å²) in [5.74, 6) is 0. The molecule has 0 aromatic carbocycles. The predicted molar refractivity (Wildman–Crippen MR) is 81.0 cm³/mol. The molecular formula is C14H34N4. The molecule has 0 aromatic rings. The van der Waals surface area contributed by atoms with Crippen LogP contribution in [0.15, 0.2) is 0 Å². The van der Waals surface area contributed by atoms with Crippen molar-refractivity contribution < 1.29 is 0 Å². The smallest absolute Gasteiger partial charge is 0.00772 e. The van der Waals surface area contributed by atoms with E-state index in [0.29, 0.717) is 0 Å². The summed E-state index contributed by atoms with van der Waals surface area (Å²) >= 11 is 0. The Bertz CT molecular complexity index is 126. The largest absolute Gasteiger partial charge is 0.329 e. The molecule has 0 saturated heterocycles. The highest BCUT2D eigenvalue weighted by Gasteiger charge is 1.91. The van der Waals surface area contributed by atoms with Gasteiger partial charge < -0.3 is 21.7 Å². The quantitative estimate of drug-likeness (QED) is 0.332. The molecule has 0 saturated carbocycles. The van der Waals surface area contributed by atoms with Crippen LogP contribution in [0, 0.1) is 0 Å². The van der Waals surface area contributed by atoms with Crippen molar-refractivity contribution >= 4 is 0 Å². The molecule has 4 heteroatoms. The van der Waals surface area contributed by atoms with E-state index in [4.69, 9.17) is 5.73 Å². The minimum Gasteiger partial charge on any atom is -0.329 e. The summed E-state index contributed by atoms with van der Waals surface area (Å²) in [5.41, 5.74) is 5.38. The van der Waals surface area contributed by atoms with Crippen molar-refractivity contribution in [3.05, 3.63) is 0 Å². The van der Waals surface area contributed by atoms with Gasteiger partial charge in [0.15, 0.2) is 0 Å². The zero-order chi connectivity index (χ0) is 13.3. The van der Waals surface area contributed by atoms with Gasteiger partial charge in [-0.05, 0) is 13.0 Å². The van der Waals surface area contributed by atoms with Crippen molar-refractivity contribution in [3.8, 4) is 0 Å². The summed E-state index contributed by atoms with van der Waals surface area (Å²) in [7, 11) is 0. The Hall–Kier alpha value is -0.160. The maximum Gasteiger partial charge on any atom is 0.00772 e. The van der Waals surface area contributed by atoms with Gasteiger partial charge in [-0.25, -0.2) is 0 Å². The van der Waals surface area contributed by atoms with Crippen LogP contribution in [0.1, 0.15) is 45.4 Å². The summed E-state index contributed by atoms with van der Waals surface area (Å²) in [6, 6.07) is 0. The van der Waals surface area contributed by atoms with Gasteiger partial charge in [0.2, 0.25) is 0 Å². The highest BCUT2D eigenvalue weighted by Crippen LogP contribution is 2.03. The molecule has 0 aliphatic heterocycles. The number of unbranched alkanes of at least 4 members (excludes halogenated alkanes) is 5. The topological polar surface area (TPSA) is 62.1 Å². The molecule has 0 fully saturated rings. The van der Waals surface area contributed by atoms with E-state index in [1.165, 1.54) is 45.1 Å². The van der Waals surface area contributed by atoms with E-state index < -0.39 is 0 Å². The number of hydrogen-bond acceptors (Lipinski definition) is 4. The molecule has 0 radical (unpaired) electrons. The lowest BCUT2D eigenvalue weighted by Crippen LogP contribution is -2.34. The van der Waals surface area contributed by atoms with Crippen molar-refractivity contribution in [1.82, 2.24) is 16.0 Å². The van der Waals surface area contributed by atoms with Crippen LogP contribution in [-0.4, -0.2) is 45.8 Å². The molecule has 110 valence electrons. The minimum absolute atomic E-state index is 0.722. The van der Waals surface area contributed by atoms with Gasteiger partial charge >= 0.3 is 0 Å². The van der Waals surface area contributed by atoms with Crippen molar-refractivity contribution in [2.75, 3.05) is 45.8 Å². The average molecular weight is 258 g/mol. The van der Waals surface area contributed by atoms with Crippen LogP contribution in [0.3, 0.4) is 0 Å². The standard InChI is InChI=1S/C14H34N4/c1-2-3-4-5-6-7-9-16-11-13-18-14-12-17-10-8-15/h16-18H,2-15H2,1H3. The highest BCUT2D eigenvalue weighted by molar-refractivity contribution is 4.55. The van der Waals surface area contributed by atoms with Crippen molar-refractivity contribution in [3.63, 3.8) is 0 Å². The first kappa shape index (κ1) is 17.8. The van der Waals surface area contributed by atoms with E-state index in [9.17, 15) is 0 Å². The lowest BCUT2D eigenvalue weighted by Gasteiger charge is -2.07. The Labute approximate surface area is 113 Å². The third kappa shape index (κ3) is 15.8. The van der Waals surface area contributed by atoms with Crippen molar-refractivity contribution in [1.29, 1.82) is 0 Å². The molecule has 5 N–H and O–H groups in total. The SMILES string of the molecule is CCCCCCCCNCCNCCNCCN. The molecule has 0 atom stereocenters. The van der Waals surface area contributed by atoms with Crippen LogP contribution < -0.4 is 21.7 Å². The normalized spacial score (nSPS) is 11.0. The van der Waals surface area contributed by atoms with Gasteiger partial charge in [-0.1, -0.05) is 39.0 Å². The van der Waals surface area contributed by atoms with Crippen LogP contribution in [0.5, 0.6) is 0 Å². The number of hydrogen-bond donors (Lipinski definition) is 4. The molecule has 4 nitrogen and oxygen atoms in total. The molecule has 0 amide bonds. The lowest BCUT2D eigenvalue weighted by molar-refractivity contribution is 0.551. The molecule has 0 aliphatic rings. The zero-order valence-electron chi connectivity index (χ0n) is 12.3. The maximum atomic E-state index is 5.38. The highest BCUT2D eigenvalue weighted by atomic mass is 15.0. The molecule has 0 heterocycles. The minimum atomic E-state index is 0.722. The fourth-order valence-corrected chi connectivity index (χ4v) is 1.86.